The van der Waals surface area contributed by atoms with Gasteiger partial charge in [0, 0.05) is 34.5 Å². The van der Waals surface area contributed by atoms with E-state index in [2.05, 4.69) is 0 Å². The van der Waals surface area contributed by atoms with E-state index in [9.17, 15) is 5.11 Å². The molecule has 1 aliphatic carbocycles. The molecular formula is C28H58O13Si. The van der Waals surface area contributed by atoms with Gasteiger partial charge in [-0.3, -0.25) is 0 Å². The first-order valence-corrected chi connectivity index (χ1v) is 17.0. The molecular weight excluding hydrogens is 572 g/mol. The molecule has 0 spiro atoms. The smallest absolute Gasteiger partial charge is 0.390 e. The second kappa shape index (κ2) is 27.0. The van der Waals surface area contributed by atoms with Gasteiger partial charge in [0.25, 0.3) is 0 Å². The van der Waals surface area contributed by atoms with Gasteiger partial charge in [0.15, 0.2) is 6.29 Å². The molecule has 4 atom stereocenters. The van der Waals surface area contributed by atoms with Crippen LogP contribution in [0.15, 0.2) is 0 Å². The topological polar surface area (TPSA) is 131 Å². The largest absolute Gasteiger partial charge is 0.501 e. The van der Waals surface area contributed by atoms with E-state index < -0.39 is 21.2 Å². The monoisotopic (exact) mass is 630 g/mol. The summed E-state index contributed by atoms with van der Waals surface area (Å²) in [6.07, 6.45) is 1.78. The lowest BCUT2D eigenvalue weighted by Crippen LogP contribution is -2.48. The molecule has 252 valence electrons. The first kappa shape index (κ1) is 39.7. The Kier molecular flexibility index (Phi) is 25.6. The van der Waals surface area contributed by atoms with Gasteiger partial charge in [0.2, 0.25) is 0 Å². The Morgan fingerprint density at radius 1 is 0.619 bits per heavy atom. The normalized spacial score (nSPS) is 20.3. The SMILES string of the molecule is COCCOCCO[Si](CCC1CCC(O)C(OC(C)OCCOC)C1)(OCCOCCOC)OCCOCCOC. The maximum absolute atomic E-state index is 10.6. The number of hydrogen-bond acceptors (Lipinski definition) is 13. The van der Waals surface area contributed by atoms with Crippen LogP contribution in [0.1, 0.15) is 32.6 Å². The molecule has 1 aliphatic rings. The molecule has 0 heterocycles. The Hall–Kier alpha value is -0.303. The second-order valence-electron chi connectivity index (χ2n) is 9.93. The molecule has 1 fully saturated rings. The Morgan fingerprint density at radius 2 is 1.07 bits per heavy atom. The zero-order valence-electron chi connectivity index (χ0n) is 26.6. The highest BCUT2D eigenvalue weighted by Crippen LogP contribution is 2.33. The van der Waals surface area contributed by atoms with Crippen LogP contribution < -0.4 is 0 Å². The van der Waals surface area contributed by atoms with Gasteiger partial charge in [-0.1, -0.05) is 0 Å². The van der Waals surface area contributed by atoms with Crippen LogP contribution in [0.2, 0.25) is 6.04 Å². The Morgan fingerprint density at radius 3 is 1.55 bits per heavy atom. The molecule has 0 bridgehead atoms. The van der Waals surface area contributed by atoms with E-state index in [1.165, 1.54) is 0 Å². The minimum absolute atomic E-state index is 0.307. The Bertz CT molecular complexity index is 551. The number of ether oxygens (including phenoxy) is 9. The van der Waals surface area contributed by atoms with E-state index in [1.807, 2.05) is 6.92 Å². The minimum Gasteiger partial charge on any atom is -0.390 e. The second-order valence-corrected chi connectivity index (χ2v) is 12.7. The third-order valence-electron chi connectivity index (χ3n) is 6.68. The van der Waals surface area contributed by atoms with E-state index in [0.29, 0.717) is 117 Å². The van der Waals surface area contributed by atoms with Gasteiger partial charge in [0.05, 0.1) is 105 Å². The molecule has 1 saturated carbocycles. The van der Waals surface area contributed by atoms with Crippen molar-refractivity contribution in [3.63, 3.8) is 0 Å². The van der Waals surface area contributed by atoms with Crippen LogP contribution in [0.5, 0.6) is 0 Å². The van der Waals surface area contributed by atoms with Gasteiger partial charge in [-0.2, -0.15) is 0 Å². The fraction of sp³-hybridized carbons (Fsp3) is 1.00. The van der Waals surface area contributed by atoms with Crippen LogP contribution in [0.4, 0.5) is 0 Å². The summed E-state index contributed by atoms with van der Waals surface area (Å²) in [7, 11) is 3.38. The van der Waals surface area contributed by atoms with Gasteiger partial charge >= 0.3 is 8.80 Å². The summed E-state index contributed by atoms with van der Waals surface area (Å²) in [6.45, 7) is 7.93. The van der Waals surface area contributed by atoms with Crippen LogP contribution in [-0.2, 0) is 55.9 Å². The first-order chi connectivity index (χ1) is 20.5. The Labute approximate surface area is 253 Å². The van der Waals surface area contributed by atoms with Crippen molar-refractivity contribution in [2.75, 3.05) is 121 Å². The van der Waals surface area contributed by atoms with Crippen molar-refractivity contribution >= 4 is 8.80 Å². The summed E-state index contributed by atoms with van der Waals surface area (Å²) < 4.78 is 67.9. The molecule has 13 nitrogen and oxygen atoms in total. The highest BCUT2D eigenvalue weighted by Gasteiger charge is 2.43. The number of aliphatic hydroxyl groups is 1. The molecule has 4 unspecified atom stereocenters. The van der Waals surface area contributed by atoms with Crippen molar-refractivity contribution in [3.8, 4) is 0 Å². The van der Waals surface area contributed by atoms with E-state index in [1.54, 1.807) is 28.4 Å². The van der Waals surface area contributed by atoms with Crippen molar-refractivity contribution in [2.24, 2.45) is 5.92 Å². The van der Waals surface area contributed by atoms with E-state index in [-0.39, 0.29) is 6.10 Å². The summed E-state index contributed by atoms with van der Waals surface area (Å²) in [5.41, 5.74) is 0. The zero-order chi connectivity index (χ0) is 30.7. The number of aliphatic hydroxyl groups excluding tert-OH is 1. The predicted molar refractivity (Wildman–Crippen MR) is 157 cm³/mol. The summed E-state index contributed by atoms with van der Waals surface area (Å²) in [6, 6.07) is 0.606. The third-order valence-corrected chi connectivity index (χ3v) is 9.51. The average Bonchev–Trinajstić information content (AvgIpc) is 2.99. The van der Waals surface area contributed by atoms with Gasteiger partial charge in [-0.15, -0.1) is 0 Å². The number of rotatable bonds is 30. The van der Waals surface area contributed by atoms with Crippen molar-refractivity contribution in [3.05, 3.63) is 0 Å². The van der Waals surface area contributed by atoms with Crippen molar-refractivity contribution in [1.29, 1.82) is 0 Å². The maximum Gasteiger partial charge on any atom is 0.501 e. The molecule has 0 saturated heterocycles. The van der Waals surface area contributed by atoms with E-state index >= 15 is 0 Å². The fourth-order valence-electron chi connectivity index (χ4n) is 4.41. The van der Waals surface area contributed by atoms with Crippen LogP contribution in [0.3, 0.4) is 0 Å². The number of methoxy groups -OCH3 is 4. The fourth-order valence-corrected chi connectivity index (χ4v) is 7.04. The Balaban J connectivity index is 2.81. The summed E-state index contributed by atoms with van der Waals surface area (Å²) in [4.78, 5) is 0. The summed E-state index contributed by atoms with van der Waals surface area (Å²) in [5.74, 6) is 0.307. The van der Waals surface area contributed by atoms with E-state index in [0.717, 1.165) is 12.8 Å². The van der Waals surface area contributed by atoms with Crippen molar-refractivity contribution in [2.45, 2.75) is 57.1 Å². The van der Waals surface area contributed by atoms with Gasteiger partial charge in [0.1, 0.15) is 0 Å². The van der Waals surface area contributed by atoms with Crippen LogP contribution >= 0.6 is 0 Å². The molecule has 0 aliphatic heterocycles. The standard InChI is InChI=1S/C28H58O13Si/c1-25(37-19-12-33-5)41-28-24-26(6-7-27(28)29)8-23-42(38-20-16-34-13-9-30-2,39-21-17-35-14-10-31-3)40-22-18-36-15-11-32-4/h25-29H,6-24H2,1-5H3. The molecule has 0 aromatic heterocycles. The average molecular weight is 631 g/mol. The molecule has 14 heteroatoms. The highest BCUT2D eigenvalue weighted by molar-refractivity contribution is 6.60. The lowest BCUT2D eigenvalue weighted by molar-refractivity contribution is -0.197. The predicted octanol–water partition coefficient (Wildman–Crippen LogP) is 1.91. The third kappa shape index (κ3) is 19.9. The molecule has 0 aromatic carbocycles. The minimum atomic E-state index is -3.15. The summed E-state index contributed by atoms with van der Waals surface area (Å²) in [5, 5.41) is 10.6. The van der Waals surface area contributed by atoms with Gasteiger partial charge in [-0.05, 0) is 38.5 Å². The lowest BCUT2D eigenvalue weighted by atomic mass is 9.84. The maximum atomic E-state index is 10.6. The molecule has 0 radical (unpaired) electrons. The molecule has 0 amide bonds. The number of hydrogen-bond donors (Lipinski definition) is 1. The van der Waals surface area contributed by atoms with Gasteiger partial charge in [-0.25, -0.2) is 0 Å². The molecule has 0 aromatic rings. The van der Waals surface area contributed by atoms with Crippen molar-refractivity contribution < 1.29 is 61.0 Å². The molecule has 42 heavy (non-hydrogen) atoms. The highest BCUT2D eigenvalue weighted by atomic mass is 28.4. The lowest BCUT2D eigenvalue weighted by Gasteiger charge is -2.36. The first-order valence-electron chi connectivity index (χ1n) is 15.1. The van der Waals surface area contributed by atoms with Crippen LogP contribution in [-0.4, -0.2) is 153 Å². The molecule has 1 N–H and O–H groups in total. The van der Waals surface area contributed by atoms with Crippen LogP contribution in [0, 0.1) is 5.92 Å². The summed E-state index contributed by atoms with van der Waals surface area (Å²) >= 11 is 0. The quantitative estimate of drug-likeness (QED) is 0.0705. The van der Waals surface area contributed by atoms with Crippen LogP contribution in [0.25, 0.3) is 0 Å². The van der Waals surface area contributed by atoms with E-state index in [4.69, 9.17) is 55.9 Å². The van der Waals surface area contributed by atoms with Crippen molar-refractivity contribution in [1.82, 2.24) is 0 Å². The molecule has 1 rings (SSSR count). The van der Waals surface area contributed by atoms with Gasteiger partial charge < -0.3 is 61.0 Å². The zero-order valence-corrected chi connectivity index (χ0v) is 27.6.